The number of carbonyl (C=O) groups is 1. The van der Waals surface area contributed by atoms with Gasteiger partial charge in [-0.3, -0.25) is 9.78 Å². The molecular weight excluding hydrogens is 309 g/mol. The Hall–Kier alpha value is -2.76. The maximum Gasteiger partial charge on any atom is 0.267 e. The molecule has 3 rings (SSSR count). The lowest BCUT2D eigenvalue weighted by Gasteiger charge is -2.23. The molecule has 1 amide bonds. The van der Waals surface area contributed by atoms with Crippen LogP contribution >= 0.6 is 0 Å². The highest BCUT2D eigenvalue weighted by atomic mass is 19.1. The van der Waals surface area contributed by atoms with Gasteiger partial charge in [0.25, 0.3) is 5.91 Å². The van der Waals surface area contributed by atoms with E-state index >= 15 is 0 Å². The van der Waals surface area contributed by atoms with E-state index in [0.717, 1.165) is 5.56 Å². The molecule has 0 spiro atoms. The zero-order valence-corrected chi connectivity index (χ0v) is 13.5. The maximum atomic E-state index is 13.4. The van der Waals surface area contributed by atoms with Gasteiger partial charge < -0.3 is 10.2 Å². The Kier molecular flexibility index (Phi) is 4.29. The topological polar surface area (TPSA) is 63.6 Å². The maximum absolute atomic E-state index is 13.4. The van der Waals surface area contributed by atoms with Gasteiger partial charge in [0.1, 0.15) is 5.82 Å². The SMILES string of the molecule is C[C@@H](NC(=O)[C@]1(C)CC(c2cccc(F)c2)=NO1)c1ccncc1. The van der Waals surface area contributed by atoms with Crippen LogP contribution in [0.3, 0.4) is 0 Å². The summed E-state index contributed by atoms with van der Waals surface area (Å²) in [7, 11) is 0. The third kappa shape index (κ3) is 3.27. The standard InChI is InChI=1S/C18H18FN3O2/c1-12(13-6-8-20-9-7-13)21-17(23)18(2)11-16(22-24-18)14-4-3-5-15(19)10-14/h3-10,12H,11H2,1-2H3,(H,21,23)/t12-,18+/m1/s1. The lowest BCUT2D eigenvalue weighted by molar-refractivity contribution is -0.142. The highest BCUT2D eigenvalue weighted by Gasteiger charge is 2.42. The van der Waals surface area contributed by atoms with E-state index in [4.69, 9.17) is 4.84 Å². The molecule has 0 unspecified atom stereocenters. The van der Waals surface area contributed by atoms with E-state index in [1.54, 1.807) is 31.5 Å². The number of oxime groups is 1. The van der Waals surface area contributed by atoms with Crippen LogP contribution in [0.5, 0.6) is 0 Å². The van der Waals surface area contributed by atoms with Crippen molar-refractivity contribution in [3.63, 3.8) is 0 Å². The average Bonchev–Trinajstić information content (AvgIpc) is 2.99. The highest BCUT2D eigenvalue weighted by Crippen LogP contribution is 2.28. The van der Waals surface area contributed by atoms with Crippen LogP contribution in [0.2, 0.25) is 0 Å². The van der Waals surface area contributed by atoms with Crippen molar-refractivity contribution in [3.8, 4) is 0 Å². The molecule has 1 aliphatic rings. The van der Waals surface area contributed by atoms with E-state index in [1.807, 2.05) is 19.1 Å². The Morgan fingerprint density at radius 2 is 2.08 bits per heavy atom. The molecule has 5 nitrogen and oxygen atoms in total. The largest absolute Gasteiger partial charge is 0.379 e. The van der Waals surface area contributed by atoms with Crippen LogP contribution in [-0.2, 0) is 9.63 Å². The predicted octanol–water partition coefficient (Wildman–Crippen LogP) is 2.98. The third-order valence-electron chi connectivity index (χ3n) is 4.05. The Balaban J connectivity index is 1.68. The minimum absolute atomic E-state index is 0.181. The second-order valence-electron chi connectivity index (χ2n) is 6.02. The van der Waals surface area contributed by atoms with Crippen LogP contribution in [0.25, 0.3) is 0 Å². The molecule has 124 valence electrons. The van der Waals surface area contributed by atoms with Crippen molar-refractivity contribution in [3.05, 3.63) is 65.7 Å². The van der Waals surface area contributed by atoms with Crippen molar-refractivity contribution < 1.29 is 14.0 Å². The van der Waals surface area contributed by atoms with E-state index in [0.29, 0.717) is 11.3 Å². The first-order valence-electron chi connectivity index (χ1n) is 7.70. The number of nitrogens with one attached hydrogen (secondary N) is 1. The van der Waals surface area contributed by atoms with Crippen LogP contribution in [0.1, 0.15) is 37.4 Å². The number of hydrogen-bond donors (Lipinski definition) is 1. The number of rotatable bonds is 4. The second-order valence-corrected chi connectivity index (χ2v) is 6.02. The molecule has 2 atom stereocenters. The summed E-state index contributed by atoms with van der Waals surface area (Å²) in [6, 6.07) is 9.60. The van der Waals surface area contributed by atoms with Crippen molar-refractivity contribution >= 4 is 11.6 Å². The number of halogens is 1. The molecule has 0 bridgehead atoms. The fourth-order valence-electron chi connectivity index (χ4n) is 2.57. The zero-order valence-electron chi connectivity index (χ0n) is 13.5. The third-order valence-corrected chi connectivity index (χ3v) is 4.05. The summed E-state index contributed by atoms with van der Waals surface area (Å²) in [5.41, 5.74) is 1.02. The summed E-state index contributed by atoms with van der Waals surface area (Å²) >= 11 is 0. The monoisotopic (exact) mass is 327 g/mol. The molecule has 0 saturated heterocycles. The Labute approximate surface area is 139 Å². The van der Waals surface area contributed by atoms with Crippen molar-refractivity contribution in [1.82, 2.24) is 10.3 Å². The van der Waals surface area contributed by atoms with Crippen LogP contribution in [0, 0.1) is 5.82 Å². The van der Waals surface area contributed by atoms with Gasteiger partial charge in [-0.25, -0.2) is 4.39 Å². The summed E-state index contributed by atoms with van der Waals surface area (Å²) in [6.07, 6.45) is 3.64. The van der Waals surface area contributed by atoms with Gasteiger partial charge in [0.2, 0.25) is 5.60 Å². The van der Waals surface area contributed by atoms with E-state index in [2.05, 4.69) is 15.5 Å². The van der Waals surface area contributed by atoms with Crippen LogP contribution in [-0.4, -0.2) is 22.2 Å². The zero-order chi connectivity index (χ0) is 17.2. The van der Waals surface area contributed by atoms with Gasteiger partial charge in [0.15, 0.2) is 0 Å². The lowest BCUT2D eigenvalue weighted by Crippen LogP contribution is -2.45. The number of nitrogens with zero attached hydrogens (tertiary/aromatic N) is 2. The number of hydrogen-bond acceptors (Lipinski definition) is 4. The highest BCUT2D eigenvalue weighted by molar-refractivity contribution is 6.05. The molecule has 2 aromatic rings. The fourth-order valence-corrected chi connectivity index (χ4v) is 2.57. The summed E-state index contributed by atoms with van der Waals surface area (Å²) in [5, 5.41) is 6.90. The summed E-state index contributed by atoms with van der Waals surface area (Å²) < 4.78 is 13.4. The molecule has 1 aromatic heterocycles. The van der Waals surface area contributed by atoms with Crippen LogP contribution in [0.15, 0.2) is 53.9 Å². The molecule has 1 aliphatic heterocycles. The Morgan fingerprint density at radius 3 is 2.79 bits per heavy atom. The molecule has 1 aromatic carbocycles. The van der Waals surface area contributed by atoms with Gasteiger partial charge in [-0.2, -0.15) is 0 Å². The predicted molar refractivity (Wildman–Crippen MR) is 87.8 cm³/mol. The number of amides is 1. The molecule has 0 saturated carbocycles. The van der Waals surface area contributed by atoms with E-state index in [1.165, 1.54) is 12.1 Å². The first-order chi connectivity index (χ1) is 11.5. The fraction of sp³-hybridized carbons (Fsp3) is 0.278. The average molecular weight is 327 g/mol. The number of benzene rings is 1. The van der Waals surface area contributed by atoms with Crippen LogP contribution in [0.4, 0.5) is 4.39 Å². The molecular formula is C18H18FN3O2. The summed E-state index contributed by atoms with van der Waals surface area (Å²) in [5.74, 6) is -0.610. The molecule has 0 aliphatic carbocycles. The van der Waals surface area contributed by atoms with Gasteiger partial charge in [-0.05, 0) is 43.7 Å². The van der Waals surface area contributed by atoms with Gasteiger partial charge in [0, 0.05) is 24.4 Å². The molecule has 1 N–H and O–H groups in total. The summed E-state index contributed by atoms with van der Waals surface area (Å²) in [4.78, 5) is 21.9. The molecule has 0 fully saturated rings. The number of aromatic nitrogens is 1. The first-order valence-corrected chi connectivity index (χ1v) is 7.70. The van der Waals surface area contributed by atoms with Crippen molar-refractivity contribution in [1.29, 1.82) is 0 Å². The summed E-state index contributed by atoms with van der Waals surface area (Å²) in [6.45, 7) is 3.57. The molecule has 6 heteroatoms. The minimum Gasteiger partial charge on any atom is -0.379 e. The lowest BCUT2D eigenvalue weighted by atomic mass is 9.94. The quantitative estimate of drug-likeness (QED) is 0.939. The first kappa shape index (κ1) is 16.1. The minimum atomic E-state index is -1.11. The van der Waals surface area contributed by atoms with E-state index < -0.39 is 5.60 Å². The number of pyridine rings is 1. The molecule has 24 heavy (non-hydrogen) atoms. The van der Waals surface area contributed by atoms with Crippen LogP contribution < -0.4 is 5.32 Å². The van der Waals surface area contributed by atoms with E-state index in [-0.39, 0.29) is 24.2 Å². The van der Waals surface area contributed by atoms with Crippen molar-refractivity contribution in [2.45, 2.75) is 31.9 Å². The van der Waals surface area contributed by atoms with Crippen molar-refractivity contribution in [2.24, 2.45) is 5.16 Å². The van der Waals surface area contributed by atoms with Gasteiger partial charge >= 0.3 is 0 Å². The van der Waals surface area contributed by atoms with Crippen molar-refractivity contribution in [2.75, 3.05) is 0 Å². The second kappa shape index (κ2) is 6.39. The number of carbonyl (C=O) groups excluding carboxylic acids is 1. The van der Waals surface area contributed by atoms with Gasteiger partial charge in [0.05, 0.1) is 11.8 Å². The Bertz CT molecular complexity index is 779. The molecule has 0 radical (unpaired) electrons. The smallest absolute Gasteiger partial charge is 0.267 e. The molecule has 2 heterocycles. The van der Waals surface area contributed by atoms with Gasteiger partial charge in [-0.1, -0.05) is 17.3 Å². The van der Waals surface area contributed by atoms with Gasteiger partial charge in [-0.15, -0.1) is 0 Å². The van der Waals surface area contributed by atoms with E-state index in [9.17, 15) is 9.18 Å². The normalized spacial score (nSPS) is 20.9. The Morgan fingerprint density at radius 1 is 1.33 bits per heavy atom.